The molecule has 6 heteroatoms. The average Bonchev–Trinajstić information content (AvgIpc) is 3.03. The highest BCUT2D eigenvalue weighted by Crippen LogP contribution is 2.27. The van der Waals surface area contributed by atoms with Gasteiger partial charge in [0.05, 0.1) is 19.4 Å². The molecule has 1 aromatic heterocycles. The predicted molar refractivity (Wildman–Crippen MR) is 94.3 cm³/mol. The summed E-state index contributed by atoms with van der Waals surface area (Å²) in [6.07, 6.45) is 4.76. The van der Waals surface area contributed by atoms with Gasteiger partial charge in [-0.1, -0.05) is 23.7 Å². The van der Waals surface area contributed by atoms with Gasteiger partial charge in [0.1, 0.15) is 6.10 Å². The largest absolute Gasteiger partial charge is 0.379 e. The minimum absolute atomic E-state index is 0.111. The third kappa shape index (κ3) is 4.80. The van der Waals surface area contributed by atoms with Crippen molar-refractivity contribution in [3.05, 3.63) is 52.8 Å². The number of aryl methyl sites for hydroxylation is 1. The Morgan fingerprint density at radius 1 is 1.21 bits per heavy atom. The lowest BCUT2D eigenvalue weighted by Crippen LogP contribution is -2.37. The van der Waals surface area contributed by atoms with Crippen LogP contribution in [0.1, 0.15) is 23.7 Å². The van der Waals surface area contributed by atoms with Crippen LogP contribution in [0.2, 0.25) is 5.02 Å². The highest BCUT2D eigenvalue weighted by molar-refractivity contribution is 6.30. The molecule has 2 heterocycles. The van der Waals surface area contributed by atoms with Crippen LogP contribution in [0.5, 0.6) is 0 Å². The van der Waals surface area contributed by atoms with E-state index in [9.17, 15) is 0 Å². The molecule has 1 fully saturated rings. The van der Waals surface area contributed by atoms with E-state index in [-0.39, 0.29) is 6.10 Å². The Bertz CT molecular complexity index is 623. The molecule has 1 aromatic carbocycles. The highest BCUT2D eigenvalue weighted by Gasteiger charge is 2.17. The topological polar surface area (TPSA) is 39.5 Å². The molecule has 1 aliphatic rings. The SMILES string of the molecule is Cn1cc(C(OCCCN2CCOCC2)c2ccc(Cl)cc2)cn1. The maximum Gasteiger partial charge on any atom is 0.111 e. The number of aromatic nitrogens is 2. The van der Waals surface area contributed by atoms with E-state index in [1.165, 1.54) is 0 Å². The fraction of sp³-hybridized carbons (Fsp3) is 0.500. The Labute approximate surface area is 148 Å². The summed E-state index contributed by atoms with van der Waals surface area (Å²) in [4.78, 5) is 2.42. The van der Waals surface area contributed by atoms with Crippen LogP contribution in [-0.4, -0.2) is 54.1 Å². The molecule has 0 spiro atoms. The molecule has 24 heavy (non-hydrogen) atoms. The third-order valence-electron chi connectivity index (χ3n) is 4.21. The predicted octanol–water partition coefficient (Wildman–Crippen LogP) is 2.90. The summed E-state index contributed by atoms with van der Waals surface area (Å²) < 4.78 is 13.4. The zero-order chi connectivity index (χ0) is 16.8. The van der Waals surface area contributed by atoms with E-state index in [1.807, 2.05) is 43.7 Å². The van der Waals surface area contributed by atoms with Gasteiger partial charge in [-0.15, -0.1) is 0 Å². The second-order valence-electron chi connectivity index (χ2n) is 6.06. The zero-order valence-corrected chi connectivity index (χ0v) is 14.8. The van der Waals surface area contributed by atoms with Gasteiger partial charge >= 0.3 is 0 Å². The van der Waals surface area contributed by atoms with Crippen molar-refractivity contribution in [2.75, 3.05) is 39.5 Å². The van der Waals surface area contributed by atoms with Crippen molar-refractivity contribution >= 4 is 11.6 Å². The first kappa shape index (κ1) is 17.4. The molecule has 1 unspecified atom stereocenters. The molecule has 0 saturated carbocycles. The smallest absolute Gasteiger partial charge is 0.111 e. The second kappa shape index (κ2) is 8.62. The Morgan fingerprint density at radius 3 is 2.62 bits per heavy atom. The minimum Gasteiger partial charge on any atom is -0.379 e. The van der Waals surface area contributed by atoms with Crippen LogP contribution in [0.3, 0.4) is 0 Å². The van der Waals surface area contributed by atoms with Crippen LogP contribution < -0.4 is 0 Å². The van der Waals surface area contributed by atoms with E-state index in [0.717, 1.165) is 55.4 Å². The van der Waals surface area contributed by atoms with Crippen LogP contribution in [0.25, 0.3) is 0 Å². The number of morpholine rings is 1. The second-order valence-corrected chi connectivity index (χ2v) is 6.49. The van der Waals surface area contributed by atoms with Gasteiger partial charge in [-0.25, -0.2) is 0 Å². The molecule has 130 valence electrons. The van der Waals surface area contributed by atoms with Gasteiger partial charge in [-0.05, 0) is 24.1 Å². The van der Waals surface area contributed by atoms with E-state index >= 15 is 0 Å². The molecule has 0 aliphatic carbocycles. The Balaban J connectivity index is 1.59. The molecular formula is C18H24ClN3O2. The summed E-state index contributed by atoms with van der Waals surface area (Å²) in [6.45, 7) is 5.46. The molecule has 2 aromatic rings. The normalized spacial score (nSPS) is 17.1. The molecule has 0 N–H and O–H groups in total. The summed E-state index contributed by atoms with van der Waals surface area (Å²) in [6, 6.07) is 7.83. The lowest BCUT2D eigenvalue weighted by Gasteiger charge is -2.26. The summed E-state index contributed by atoms with van der Waals surface area (Å²) in [5, 5.41) is 5.00. The minimum atomic E-state index is -0.111. The van der Waals surface area contributed by atoms with E-state index < -0.39 is 0 Å². The summed E-state index contributed by atoms with van der Waals surface area (Å²) >= 11 is 6.01. The number of halogens is 1. The standard InChI is InChI=1S/C18H24ClN3O2/c1-21-14-16(13-20-21)18(15-3-5-17(19)6-4-15)24-10-2-7-22-8-11-23-12-9-22/h3-6,13-14,18H,2,7-12H2,1H3. The maximum atomic E-state index is 6.20. The number of nitrogens with zero attached hydrogens (tertiary/aromatic N) is 3. The van der Waals surface area contributed by atoms with Crippen molar-refractivity contribution in [1.29, 1.82) is 0 Å². The molecule has 0 amide bonds. The quantitative estimate of drug-likeness (QED) is 0.720. The molecule has 5 nitrogen and oxygen atoms in total. The molecule has 1 atom stereocenters. The van der Waals surface area contributed by atoms with Crippen LogP contribution in [0.4, 0.5) is 0 Å². The lowest BCUT2D eigenvalue weighted by atomic mass is 10.0. The molecule has 1 aliphatic heterocycles. The Kier molecular flexibility index (Phi) is 6.26. The van der Waals surface area contributed by atoms with Crippen LogP contribution in [0.15, 0.2) is 36.7 Å². The van der Waals surface area contributed by atoms with Crippen molar-refractivity contribution in [2.24, 2.45) is 7.05 Å². The zero-order valence-electron chi connectivity index (χ0n) is 14.0. The van der Waals surface area contributed by atoms with Gasteiger partial charge in [0.2, 0.25) is 0 Å². The van der Waals surface area contributed by atoms with E-state index in [4.69, 9.17) is 21.1 Å². The van der Waals surface area contributed by atoms with E-state index in [1.54, 1.807) is 4.68 Å². The van der Waals surface area contributed by atoms with Crippen molar-refractivity contribution in [3.63, 3.8) is 0 Å². The summed E-state index contributed by atoms with van der Waals surface area (Å²) in [5.74, 6) is 0. The van der Waals surface area contributed by atoms with Crippen molar-refractivity contribution < 1.29 is 9.47 Å². The Morgan fingerprint density at radius 2 is 1.96 bits per heavy atom. The van der Waals surface area contributed by atoms with Crippen molar-refractivity contribution in [3.8, 4) is 0 Å². The molecule has 3 rings (SSSR count). The van der Waals surface area contributed by atoms with E-state index in [0.29, 0.717) is 6.61 Å². The van der Waals surface area contributed by atoms with Gasteiger partial charge in [0.25, 0.3) is 0 Å². The molecule has 1 saturated heterocycles. The summed E-state index contributed by atoms with van der Waals surface area (Å²) in [5.41, 5.74) is 2.16. The maximum absolute atomic E-state index is 6.20. The van der Waals surface area contributed by atoms with Gasteiger partial charge in [-0.3, -0.25) is 9.58 Å². The first-order valence-corrected chi connectivity index (χ1v) is 8.76. The van der Waals surface area contributed by atoms with Gasteiger partial charge in [-0.2, -0.15) is 5.10 Å². The van der Waals surface area contributed by atoms with Crippen LogP contribution >= 0.6 is 11.6 Å². The van der Waals surface area contributed by atoms with Crippen LogP contribution in [-0.2, 0) is 16.5 Å². The van der Waals surface area contributed by atoms with Crippen LogP contribution in [0, 0.1) is 0 Å². The first-order chi connectivity index (χ1) is 11.7. The van der Waals surface area contributed by atoms with Gasteiger partial charge < -0.3 is 9.47 Å². The van der Waals surface area contributed by atoms with Gasteiger partial charge in [0, 0.05) is 50.1 Å². The highest BCUT2D eigenvalue weighted by atomic mass is 35.5. The van der Waals surface area contributed by atoms with Gasteiger partial charge in [0.15, 0.2) is 0 Å². The van der Waals surface area contributed by atoms with Crippen molar-refractivity contribution in [1.82, 2.24) is 14.7 Å². The number of ether oxygens (including phenoxy) is 2. The fourth-order valence-electron chi connectivity index (χ4n) is 2.91. The third-order valence-corrected chi connectivity index (χ3v) is 4.46. The fourth-order valence-corrected chi connectivity index (χ4v) is 3.04. The van der Waals surface area contributed by atoms with Crippen molar-refractivity contribution in [2.45, 2.75) is 12.5 Å². The summed E-state index contributed by atoms with van der Waals surface area (Å²) in [7, 11) is 1.92. The lowest BCUT2D eigenvalue weighted by molar-refractivity contribution is 0.0267. The monoisotopic (exact) mass is 349 g/mol. The first-order valence-electron chi connectivity index (χ1n) is 8.38. The Hall–Kier alpha value is -1.40. The number of rotatable bonds is 7. The molecule has 0 radical (unpaired) electrons. The molecule has 0 bridgehead atoms. The van der Waals surface area contributed by atoms with E-state index in [2.05, 4.69) is 10.00 Å². The number of hydrogen-bond donors (Lipinski definition) is 0. The number of hydrogen-bond acceptors (Lipinski definition) is 4. The number of benzene rings is 1. The average molecular weight is 350 g/mol. The molecular weight excluding hydrogens is 326 g/mol.